The van der Waals surface area contributed by atoms with Gasteiger partial charge < -0.3 is 25.2 Å². The number of aliphatic hydroxyl groups is 2. The number of aliphatic carboxylic acids is 2. The average Bonchev–Trinajstić information content (AvgIpc) is 3.25. The van der Waals surface area contributed by atoms with Crippen LogP contribution >= 0.6 is 0 Å². The number of hydrogen-bond acceptors (Lipinski definition) is 10. The molecule has 0 radical (unpaired) electrons. The zero-order chi connectivity index (χ0) is 32.1. The van der Waals surface area contributed by atoms with Crippen LogP contribution in [0.5, 0.6) is 0 Å². The Hall–Kier alpha value is -4.47. The molecule has 1 heterocycles. The van der Waals surface area contributed by atoms with E-state index in [9.17, 15) is 24.0 Å². The van der Waals surface area contributed by atoms with Crippen molar-refractivity contribution in [3.8, 4) is 0 Å². The van der Waals surface area contributed by atoms with Gasteiger partial charge in [-0.3, -0.25) is 14.4 Å². The van der Waals surface area contributed by atoms with E-state index in [1.54, 1.807) is 24.3 Å². The van der Waals surface area contributed by atoms with Crippen LogP contribution in [0.1, 0.15) is 75.3 Å². The first-order valence-corrected chi connectivity index (χ1v) is 13.9. The van der Waals surface area contributed by atoms with Crippen molar-refractivity contribution in [2.75, 3.05) is 19.8 Å². The van der Waals surface area contributed by atoms with Crippen LogP contribution < -0.4 is 0 Å². The Kier molecular flexibility index (Phi) is 23.7. The molecule has 12 nitrogen and oxygen atoms in total. The molecule has 2 aromatic rings. The lowest BCUT2D eigenvalue weighted by atomic mass is 10.0. The fourth-order valence-corrected chi connectivity index (χ4v) is 3.30. The van der Waals surface area contributed by atoms with Gasteiger partial charge in [0.15, 0.2) is 0 Å². The molecule has 0 bridgehead atoms. The second-order valence-corrected chi connectivity index (χ2v) is 9.10. The lowest BCUT2D eigenvalue weighted by Crippen LogP contribution is -2.00. The molecule has 12 heteroatoms. The molecular formula is C31H40N2O10. The van der Waals surface area contributed by atoms with Crippen molar-refractivity contribution in [2.24, 2.45) is 9.98 Å². The Morgan fingerprint density at radius 2 is 1.14 bits per heavy atom. The highest BCUT2D eigenvalue weighted by molar-refractivity contribution is 5.69. The minimum absolute atomic E-state index is 0.0255. The molecule has 0 aliphatic carbocycles. The molecule has 1 aliphatic rings. The summed E-state index contributed by atoms with van der Waals surface area (Å²) in [6, 6.07) is 14.7. The molecular weight excluding hydrogens is 560 g/mol. The number of hydrogen-bond donors (Lipinski definition) is 4. The fourth-order valence-electron chi connectivity index (χ4n) is 3.30. The van der Waals surface area contributed by atoms with Crippen LogP contribution in [0.3, 0.4) is 0 Å². The van der Waals surface area contributed by atoms with Crippen LogP contribution in [-0.2, 0) is 35.1 Å². The summed E-state index contributed by atoms with van der Waals surface area (Å²) in [5, 5.41) is 32.4. The molecule has 0 spiro atoms. The minimum atomic E-state index is -0.870. The Bertz CT molecular complexity index is 1060. The number of carbonyl (C=O) groups excluding carboxylic acids is 3. The van der Waals surface area contributed by atoms with Gasteiger partial charge >= 0.3 is 17.9 Å². The number of unbranched alkanes of at least 4 members (excludes halogenated alkanes) is 2. The zero-order valence-corrected chi connectivity index (χ0v) is 24.2. The van der Waals surface area contributed by atoms with E-state index in [4.69, 9.17) is 25.2 Å². The molecule has 0 amide bonds. The summed E-state index contributed by atoms with van der Waals surface area (Å²) in [7, 11) is 0. The van der Waals surface area contributed by atoms with Gasteiger partial charge in [0.05, 0.1) is 18.0 Å². The van der Waals surface area contributed by atoms with Gasteiger partial charge in [-0.05, 0) is 86.8 Å². The van der Waals surface area contributed by atoms with E-state index >= 15 is 0 Å². The normalized spacial score (nSPS) is 11.5. The number of aliphatic hydroxyl groups excluding tert-OH is 2. The predicted octanol–water partition coefficient (Wildman–Crippen LogP) is 4.78. The van der Waals surface area contributed by atoms with Crippen molar-refractivity contribution in [1.29, 1.82) is 0 Å². The van der Waals surface area contributed by atoms with Crippen molar-refractivity contribution in [1.82, 2.24) is 0 Å². The number of cyclic esters (lactones) is 1. The zero-order valence-electron chi connectivity index (χ0n) is 24.2. The van der Waals surface area contributed by atoms with Crippen LogP contribution in [0.2, 0.25) is 0 Å². The number of nitrogens with zero attached hydrogens (tertiary/aromatic N) is 2. The summed E-state index contributed by atoms with van der Waals surface area (Å²) in [6.45, 7) is 1.03. The van der Waals surface area contributed by atoms with E-state index in [2.05, 4.69) is 9.98 Å². The predicted molar refractivity (Wildman–Crippen MR) is 158 cm³/mol. The van der Waals surface area contributed by atoms with Gasteiger partial charge in [-0.15, -0.1) is 0 Å². The molecule has 0 saturated carbocycles. The van der Waals surface area contributed by atoms with E-state index in [1.165, 1.54) is 12.2 Å². The SMILES string of the molecule is O=C(O)CCCCC(=O)O.O=C1CCCCCO1.O=C=Nc1ccc(Cc2ccc(N=C=O)cc2)cc1.OCCCCO. The van der Waals surface area contributed by atoms with Crippen LogP contribution in [-0.4, -0.2) is 70.3 Å². The van der Waals surface area contributed by atoms with Gasteiger partial charge in [-0.1, -0.05) is 24.3 Å². The number of ether oxygens (including phenoxy) is 1. The van der Waals surface area contributed by atoms with Gasteiger partial charge in [0.1, 0.15) is 0 Å². The standard InChI is InChI=1S/C15H10N2O2.C6H10O4.C6H10O2.C4H10O2/c18-10-16-14-5-1-12(2-6-14)9-13-3-7-15(8-4-13)17-11-19;7-5(8)3-1-2-4-6(9)10;7-6-4-2-1-3-5-8-6;5-3-1-2-4-6/h1-8H,9H2;1-4H2,(H,7,8)(H,9,10);1-5H2;5-6H,1-4H2. The maximum atomic E-state index is 10.5. The summed E-state index contributed by atoms with van der Waals surface area (Å²) in [5.41, 5.74) is 3.40. The summed E-state index contributed by atoms with van der Waals surface area (Å²) in [4.78, 5) is 57.5. The molecule has 1 fully saturated rings. The first-order valence-electron chi connectivity index (χ1n) is 13.9. The molecule has 2 aromatic carbocycles. The highest BCUT2D eigenvalue weighted by Crippen LogP contribution is 2.17. The third-order valence-electron chi connectivity index (χ3n) is 5.52. The number of esters is 1. The van der Waals surface area contributed by atoms with Crippen molar-refractivity contribution >= 4 is 41.4 Å². The van der Waals surface area contributed by atoms with E-state index in [-0.39, 0.29) is 32.0 Å². The Balaban J connectivity index is 0.000000617. The highest BCUT2D eigenvalue weighted by Gasteiger charge is 2.05. The Morgan fingerprint density at radius 1 is 0.698 bits per heavy atom. The largest absolute Gasteiger partial charge is 0.481 e. The summed E-state index contributed by atoms with van der Waals surface area (Å²) in [5.74, 6) is -1.77. The number of benzene rings is 2. The van der Waals surface area contributed by atoms with Gasteiger partial charge in [-0.2, -0.15) is 9.98 Å². The van der Waals surface area contributed by atoms with Crippen molar-refractivity contribution in [3.63, 3.8) is 0 Å². The average molecular weight is 601 g/mol. The van der Waals surface area contributed by atoms with Crippen molar-refractivity contribution in [3.05, 3.63) is 59.7 Å². The van der Waals surface area contributed by atoms with Gasteiger partial charge in [0, 0.05) is 32.5 Å². The Labute approximate surface area is 250 Å². The summed E-state index contributed by atoms with van der Waals surface area (Å²) < 4.78 is 4.76. The summed E-state index contributed by atoms with van der Waals surface area (Å²) >= 11 is 0. The maximum absolute atomic E-state index is 10.5. The lowest BCUT2D eigenvalue weighted by molar-refractivity contribution is -0.142. The maximum Gasteiger partial charge on any atom is 0.305 e. The number of carbonyl (C=O) groups is 3. The first kappa shape index (κ1) is 38.5. The van der Waals surface area contributed by atoms with Crippen LogP contribution in [0, 0.1) is 0 Å². The number of carboxylic acid groups (broad SMARTS) is 2. The molecule has 234 valence electrons. The minimum Gasteiger partial charge on any atom is -0.481 e. The topological polar surface area (TPSA) is 200 Å². The molecule has 4 N–H and O–H groups in total. The fraction of sp³-hybridized carbons (Fsp3) is 0.452. The molecule has 0 aromatic heterocycles. The second kappa shape index (κ2) is 26.4. The molecule has 1 saturated heterocycles. The molecule has 0 atom stereocenters. The third-order valence-corrected chi connectivity index (χ3v) is 5.52. The number of rotatable bonds is 12. The summed E-state index contributed by atoms with van der Waals surface area (Å²) in [6.07, 6.45) is 10.1. The number of aliphatic imine (C=N–C) groups is 2. The van der Waals surface area contributed by atoms with E-state index < -0.39 is 11.9 Å². The molecule has 0 unspecified atom stereocenters. The number of carboxylic acids is 2. The van der Waals surface area contributed by atoms with Crippen LogP contribution in [0.15, 0.2) is 58.5 Å². The number of isocyanates is 2. The van der Waals surface area contributed by atoms with Crippen LogP contribution in [0.25, 0.3) is 0 Å². The van der Waals surface area contributed by atoms with Crippen molar-refractivity contribution in [2.45, 2.75) is 70.6 Å². The van der Waals surface area contributed by atoms with Crippen molar-refractivity contribution < 1.29 is 49.1 Å². The smallest absolute Gasteiger partial charge is 0.305 e. The highest BCUT2D eigenvalue weighted by atomic mass is 16.5. The monoisotopic (exact) mass is 600 g/mol. The van der Waals surface area contributed by atoms with Gasteiger partial charge in [0.25, 0.3) is 0 Å². The molecule has 3 rings (SSSR count). The van der Waals surface area contributed by atoms with Gasteiger partial charge in [0.2, 0.25) is 12.2 Å². The second-order valence-electron chi connectivity index (χ2n) is 9.10. The quantitative estimate of drug-likeness (QED) is 0.114. The van der Waals surface area contributed by atoms with Gasteiger partial charge in [-0.25, -0.2) is 9.59 Å². The third kappa shape index (κ3) is 23.9. The van der Waals surface area contributed by atoms with E-state index in [0.717, 1.165) is 49.7 Å². The van der Waals surface area contributed by atoms with Crippen LogP contribution in [0.4, 0.5) is 11.4 Å². The first-order chi connectivity index (χ1) is 20.7. The lowest BCUT2D eigenvalue weighted by Gasteiger charge is -2.02. The van der Waals surface area contributed by atoms with E-state index in [0.29, 0.717) is 37.2 Å². The molecule has 43 heavy (non-hydrogen) atoms. The molecule has 1 aliphatic heterocycles. The van der Waals surface area contributed by atoms with E-state index in [1.807, 2.05) is 24.3 Å². The Morgan fingerprint density at radius 3 is 1.51 bits per heavy atom.